The van der Waals surface area contributed by atoms with Crippen LogP contribution in [-0.4, -0.2) is 84.2 Å². The van der Waals surface area contributed by atoms with Gasteiger partial charge in [-0.15, -0.1) is 11.8 Å². The second-order valence-electron chi connectivity index (χ2n) is 10.0. The summed E-state index contributed by atoms with van der Waals surface area (Å²) in [6.07, 6.45) is 3.13. The molecule has 0 saturated carbocycles. The number of aliphatic hydroxyl groups is 2. The van der Waals surface area contributed by atoms with Gasteiger partial charge in [0.2, 0.25) is 17.1 Å². The fourth-order valence-corrected chi connectivity index (χ4v) is 8.46. The third-order valence-corrected chi connectivity index (χ3v) is 10.0. The number of carbonyl (C=O) groups excluding carboxylic acids is 2. The van der Waals surface area contributed by atoms with Crippen LogP contribution in [0.25, 0.3) is 4.83 Å². The molecule has 0 aliphatic carbocycles. The monoisotopic (exact) mass is 563 g/mol. The van der Waals surface area contributed by atoms with Crippen LogP contribution in [0.3, 0.4) is 0 Å². The number of ether oxygens (including phenoxy) is 1. The number of nitrogens with zero attached hydrogens (tertiary/aromatic N) is 4. The molecule has 3 aliphatic rings. The van der Waals surface area contributed by atoms with E-state index in [1.807, 2.05) is 40.8 Å². The highest BCUT2D eigenvalue weighted by Gasteiger charge is 2.60. The molecule has 204 valence electrons. The average Bonchev–Trinajstić information content (AvgIpc) is 3.59. The van der Waals surface area contributed by atoms with E-state index in [1.165, 1.54) is 39.0 Å². The highest BCUT2D eigenvalue weighted by molar-refractivity contribution is 8.03. The van der Waals surface area contributed by atoms with Crippen molar-refractivity contribution in [2.75, 3.05) is 13.2 Å². The number of rotatable bonds is 8. The van der Waals surface area contributed by atoms with Crippen LogP contribution in [0.5, 0.6) is 0 Å². The number of hydrogen-bond donors (Lipinski definition) is 3. The van der Waals surface area contributed by atoms with Crippen LogP contribution in [0.1, 0.15) is 32.1 Å². The summed E-state index contributed by atoms with van der Waals surface area (Å²) in [7, 11) is 1.84. The Hall–Kier alpha value is -2.87. The second kappa shape index (κ2) is 10.0. The number of likely N-dealkylation sites (tertiary alicyclic amines) is 1. The summed E-state index contributed by atoms with van der Waals surface area (Å²) >= 11 is 2.81. The van der Waals surface area contributed by atoms with Gasteiger partial charge in [0.25, 0.3) is 0 Å². The van der Waals surface area contributed by atoms with Crippen molar-refractivity contribution in [3.05, 3.63) is 46.9 Å². The lowest BCUT2D eigenvalue weighted by Gasteiger charge is -2.46. The number of carbonyl (C=O) groups is 3. The molecule has 5 heterocycles. The number of aliphatic carboxylic acids is 1. The molecule has 0 bridgehead atoms. The summed E-state index contributed by atoms with van der Waals surface area (Å²) < 4.78 is 9.07. The van der Waals surface area contributed by atoms with Crippen LogP contribution in [-0.2, 0) is 21.4 Å². The zero-order valence-corrected chi connectivity index (χ0v) is 22.9. The lowest BCUT2D eigenvalue weighted by molar-refractivity contribution is -0.508. The third-order valence-electron chi connectivity index (χ3n) is 7.65. The number of β-lactam (4-membered cyclic amide) rings is 1. The average molecular weight is 564 g/mol. The predicted octanol–water partition coefficient (Wildman–Crippen LogP) is 1.51. The Morgan fingerprint density at radius 2 is 2.13 bits per heavy atom. The van der Waals surface area contributed by atoms with Crippen molar-refractivity contribution in [3.63, 3.8) is 0 Å². The van der Waals surface area contributed by atoms with Gasteiger partial charge in [-0.25, -0.2) is 14.2 Å². The zero-order chi connectivity index (χ0) is 27.5. The molecular weight excluding hydrogens is 532 g/mol. The molecule has 2 aromatic heterocycles. The van der Waals surface area contributed by atoms with E-state index in [0.717, 1.165) is 4.83 Å². The third kappa shape index (κ3) is 4.12. The standard InChI is InChI=1S/C25H30N4O7S2/c1-5-7-36-25(35)28-10-14(9-15(28)20(31)18-23-27(6-8-37-23)11-26(18)4)38-21-12(2)17-16(13(3)30)22(32)29(17)19(21)24(33)34/h5-6,8,11-17,20,30-31H,1,7,9-10H2,2-4H3/p+1/t12-,13-,14+,15+,16-,17-,20?/m1/s1. The zero-order valence-electron chi connectivity index (χ0n) is 21.3. The van der Waals surface area contributed by atoms with E-state index < -0.39 is 42.3 Å². The van der Waals surface area contributed by atoms with Crippen molar-refractivity contribution >= 4 is 45.9 Å². The van der Waals surface area contributed by atoms with Crippen LogP contribution in [0.2, 0.25) is 0 Å². The second-order valence-corrected chi connectivity index (χ2v) is 12.2. The fraction of sp³-hybridized carbons (Fsp3) is 0.520. The number of hydrogen-bond acceptors (Lipinski definition) is 8. The first kappa shape index (κ1) is 26.7. The van der Waals surface area contributed by atoms with Crippen molar-refractivity contribution in [1.29, 1.82) is 0 Å². The first-order chi connectivity index (χ1) is 18.1. The van der Waals surface area contributed by atoms with Gasteiger partial charge in [0.05, 0.1) is 31.2 Å². The van der Waals surface area contributed by atoms with Gasteiger partial charge in [-0.3, -0.25) is 4.79 Å². The van der Waals surface area contributed by atoms with E-state index in [2.05, 4.69) is 6.58 Å². The molecule has 11 nitrogen and oxygen atoms in total. The number of amides is 2. The number of carboxylic acid groups (broad SMARTS) is 1. The van der Waals surface area contributed by atoms with E-state index in [0.29, 0.717) is 17.0 Å². The minimum atomic E-state index is -1.20. The van der Waals surface area contributed by atoms with Gasteiger partial charge in [-0.1, -0.05) is 30.9 Å². The van der Waals surface area contributed by atoms with Crippen LogP contribution in [0.15, 0.2) is 41.2 Å². The van der Waals surface area contributed by atoms with Gasteiger partial charge in [0, 0.05) is 28.0 Å². The molecule has 1 unspecified atom stereocenters. The van der Waals surface area contributed by atoms with Crippen molar-refractivity contribution < 1.29 is 38.8 Å². The molecule has 2 fully saturated rings. The molecule has 13 heteroatoms. The molecule has 38 heavy (non-hydrogen) atoms. The minimum absolute atomic E-state index is 0.0238. The van der Waals surface area contributed by atoms with Gasteiger partial charge in [-0.05, 0) is 13.3 Å². The molecule has 3 aliphatic heterocycles. The highest BCUT2D eigenvalue weighted by Crippen LogP contribution is 2.52. The Balaban J connectivity index is 1.44. The van der Waals surface area contributed by atoms with E-state index in [4.69, 9.17) is 4.74 Å². The normalized spacial score (nSPS) is 28.4. The minimum Gasteiger partial charge on any atom is -0.477 e. The quantitative estimate of drug-likeness (QED) is 0.250. The number of aryl methyl sites for hydroxylation is 1. The summed E-state index contributed by atoms with van der Waals surface area (Å²) in [5.74, 6) is -2.52. The van der Waals surface area contributed by atoms with Crippen molar-refractivity contribution in [2.24, 2.45) is 18.9 Å². The lowest BCUT2D eigenvalue weighted by atomic mass is 9.79. The van der Waals surface area contributed by atoms with Crippen LogP contribution >= 0.6 is 23.1 Å². The highest BCUT2D eigenvalue weighted by atomic mass is 32.2. The molecule has 0 spiro atoms. The topological polar surface area (TPSA) is 137 Å². The van der Waals surface area contributed by atoms with Crippen LogP contribution in [0, 0.1) is 11.8 Å². The first-order valence-electron chi connectivity index (χ1n) is 12.4. The molecule has 3 N–H and O–H groups in total. The maximum atomic E-state index is 13.0. The Morgan fingerprint density at radius 3 is 2.79 bits per heavy atom. The molecule has 2 aromatic rings. The van der Waals surface area contributed by atoms with E-state index in [1.54, 1.807) is 6.92 Å². The number of aliphatic hydroxyl groups excluding tert-OH is 2. The Labute approximate surface area is 227 Å². The predicted molar refractivity (Wildman–Crippen MR) is 139 cm³/mol. The number of carboxylic acids is 1. The van der Waals surface area contributed by atoms with Crippen molar-refractivity contribution in [1.82, 2.24) is 14.4 Å². The SMILES string of the molecule is C=CCOC(=O)N1C[C@@H](SC2=C(C(=O)O)N3C(=O)[C@H]([C@@H](C)O)[C@H]3[C@H]2C)C[C@H]1C(O)c1c2scc[n+]2cn1C. The summed E-state index contributed by atoms with van der Waals surface area (Å²) in [5.41, 5.74) is 0.615. The molecule has 5 rings (SSSR count). The lowest BCUT2D eigenvalue weighted by Crippen LogP contribution is -2.63. The van der Waals surface area contributed by atoms with Crippen molar-refractivity contribution in [3.8, 4) is 0 Å². The number of thioether (sulfide) groups is 1. The molecular formula is C25H31N4O7S2+. The number of thiazole rings is 1. The summed E-state index contributed by atoms with van der Waals surface area (Å²) in [6.45, 7) is 7.25. The van der Waals surface area contributed by atoms with Gasteiger partial charge < -0.3 is 29.9 Å². The summed E-state index contributed by atoms with van der Waals surface area (Å²) in [4.78, 5) is 42.2. The summed E-state index contributed by atoms with van der Waals surface area (Å²) in [5, 5.41) is 33.3. The van der Waals surface area contributed by atoms with Crippen LogP contribution in [0.4, 0.5) is 4.79 Å². The maximum Gasteiger partial charge on any atom is 0.410 e. The number of fused-ring (bicyclic) bond motifs is 2. The Kier molecular flexibility index (Phi) is 7.05. The molecule has 0 aromatic carbocycles. The molecule has 7 atom stereocenters. The van der Waals surface area contributed by atoms with Gasteiger partial charge in [-0.2, -0.15) is 4.40 Å². The van der Waals surface area contributed by atoms with E-state index in [-0.39, 0.29) is 35.9 Å². The van der Waals surface area contributed by atoms with Gasteiger partial charge in [0.15, 0.2) is 5.69 Å². The number of imidazole rings is 1. The summed E-state index contributed by atoms with van der Waals surface area (Å²) in [6, 6.07) is -1.03. The maximum absolute atomic E-state index is 13.0. The number of aromatic nitrogens is 2. The van der Waals surface area contributed by atoms with Crippen molar-refractivity contribution in [2.45, 2.75) is 49.8 Å². The van der Waals surface area contributed by atoms with Crippen LogP contribution < -0.4 is 4.40 Å². The fourth-order valence-electron chi connectivity index (χ4n) is 5.98. The first-order valence-corrected chi connectivity index (χ1v) is 14.1. The molecule has 0 radical (unpaired) electrons. The smallest absolute Gasteiger partial charge is 0.410 e. The Morgan fingerprint density at radius 1 is 1.39 bits per heavy atom. The van der Waals surface area contributed by atoms with E-state index in [9.17, 15) is 29.7 Å². The van der Waals surface area contributed by atoms with Gasteiger partial charge >= 0.3 is 12.1 Å². The molecule has 2 saturated heterocycles. The molecule has 2 amide bonds. The largest absolute Gasteiger partial charge is 0.477 e. The van der Waals surface area contributed by atoms with Gasteiger partial charge in [0.1, 0.15) is 24.6 Å². The Bertz CT molecular complexity index is 1330. The van der Waals surface area contributed by atoms with E-state index >= 15 is 0 Å².